The molecule has 7 rings (SSSR count). The third-order valence-corrected chi connectivity index (χ3v) is 8.97. The predicted molar refractivity (Wildman–Crippen MR) is 133 cm³/mol. The smallest absolute Gasteiger partial charge is 0.274 e. The highest BCUT2D eigenvalue weighted by Crippen LogP contribution is 2.61. The monoisotopic (exact) mass is 479 g/mol. The van der Waals surface area contributed by atoms with Crippen LogP contribution in [0.5, 0.6) is 0 Å². The molecule has 8 nitrogen and oxygen atoms in total. The number of aliphatic hydroxyl groups excluding tert-OH is 1. The Morgan fingerprint density at radius 2 is 1.77 bits per heavy atom. The van der Waals surface area contributed by atoms with Gasteiger partial charge in [0.25, 0.3) is 5.91 Å². The molecule has 8 heteroatoms. The summed E-state index contributed by atoms with van der Waals surface area (Å²) < 4.78 is 1.83. The first kappa shape index (κ1) is 23.0. The minimum Gasteiger partial charge on any atom is -0.395 e. The Balaban J connectivity index is 1.15. The van der Waals surface area contributed by atoms with Gasteiger partial charge in [0.2, 0.25) is 5.91 Å². The lowest BCUT2D eigenvalue weighted by molar-refractivity contribution is -0.124. The summed E-state index contributed by atoms with van der Waals surface area (Å²) in [5.41, 5.74) is 1.26. The lowest BCUT2D eigenvalue weighted by atomic mass is 9.49. The molecule has 4 aliphatic carbocycles. The van der Waals surface area contributed by atoms with Gasteiger partial charge < -0.3 is 15.3 Å². The SMILES string of the molecule is O=C(CC12CC3CC(CC(C3)C1)C2)Nc1cccc2nc(C(=O)N3CCCN(CCO)CC3)cn12. The lowest BCUT2D eigenvalue weighted by Crippen LogP contribution is -2.47. The average Bonchev–Trinajstić information content (AvgIpc) is 3.11. The van der Waals surface area contributed by atoms with Crippen LogP contribution < -0.4 is 5.32 Å². The molecule has 0 aromatic carbocycles. The zero-order valence-corrected chi connectivity index (χ0v) is 20.5. The molecule has 2 amide bonds. The largest absolute Gasteiger partial charge is 0.395 e. The van der Waals surface area contributed by atoms with Crippen LogP contribution in [0.2, 0.25) is 0 Å². The van der Waals surface area contributed by atoms with Crippen molar-refractivity contribution >= 4 is 23.3 Å². The van der Waals surface area contributed by atoms with Crippen LogP contribution in [-0.2, 0) is 4.79 Å². The second-order valence-corrected chi connectivity index (χ2v) is 11.6. The fourth-order valence-corrected chi connectivity index (χ4v) is 7.95. The normalized spacial score (nSPS) is 30.5. The fourth-order valence-electron chi connectivity index (χ4n) is 7.95. The highest BCUT2D eigenvalue weighted by atomic mass is 16.3. The Labute approximate surface area is 206 Å². The van der Waals surface area contributed by atoms with Crippen molar-refractivity contribution in [1.82, 2.24) is 19.2 Å². The minimum absolute atomic E-state index is 0.0783. The Kier molecular flexibility index (Phi) is 6.05. The first-order valence-electron chi connectivity index (χ1n) is 13.4. The van der Waals surface area contributed by atoms with Gasteiger partial charge in [0.1, 0.15) is 17.2 Å². The number of hydrogen-bond acceptors (Lipinski definition) is 5. The van der Waals surface area contributed by atoms with Crippen molar-refractivity contribution in [2.75, 3.05) is 44.6 Å². The first-order valence-corrected chi connectivity index (χ1v) is 13.4. The van der Waals surface area contributed by atoms with E-state index in [0.29, 0.717) is 43.2 Å². The van der Waals surface area contributed by atoms with Crippen LogP contribution in [0.1, 0.15) is 61.9 Å². The summed E-state index contributed by atoms with van der Waals surface area (Å²) in [4.78, 5) is 35.1. The number of aromatic nitrogens is 2. The van der Waals surface area contributed by atoms with Crippen molar-refractivity contribution in [3.05, 3.63) is 30.1 Å². The van der Waals surface area contributed by atoms with E-state index in [0.717, 1.165) is 37.3 Å². The fraction of sp³-hybridized carbons (Fsp3) is 0.667. The van der Waals surface area contributed by atoms with E-state index < -0.39 is 0 Å². The highest BCUT2D eigenvalue weighted by molar-refractivity contribution is 5.94. The van der Waals surface area contributed by atoms with Crippen molar-refractivity contribution < 1.29 is 14.7 Å². The number of nitrogens with zero attached hydrogens (tertiary/aromatic N) is 4. The lowest BCUT2D eigenvalue weighted by Gasteiger charge is -2.56. The van der Waals surface area contributed by atoms with Gasteiger partial charge in [-0.1, -0.05) is 6.07 Å². The molecule has 0 radical (unpaired) electrons. The van der Waals surface area contributed by atoms with Crippen LogP contribution >= 0.6 is 0 Å². The number of carbonyl (C=O) groups is 2. The van der Waals surface area contributed by atoms with Gasteiger partial charge in [-0.15, -0.1) is 0 Å². The van der Waals surface area contributed by atoms with Crippen LogP contribution in [0.3, 0.4) is 0 Å². The van der Waals surface area contributed by atoms with Crippen molar-refractivity contribution in [2.24, 2.45) is 23.2 Å². The number of imidazole rings is 1. The molecule has 3 heterocycles. The van der Waals surface area contributed by atoms with Gasteiger partial charge in [-0.25, -0.2) is 4.98 Å². The zero-order chi connectivity index (χ0) is 24.0. The molecule has 4 saturated carbocycles. The summed E-state index contributed by atoms with van der Waals surface area (Å²) >= 11 is 0. The van der Waals surface area contributed by atoms with Gasteiger partial charge in [0.15, 0.2) is 0 Å². The summed E-state index contributed by atoms with van der Waals surface area (Å²) in [7, 11) is 0. The standard InChI is InChI=1S/C27H37N5O3/c33-10-9-30-5-2-6-31(8-7-30)26(35)22-18-32-23(28-22)3-1-4-24(32)29-25(34)17-27-14-19-11-20(15-27)13-21(12-19)16-27/h1,3-4,18-21,33H,2,5-17H2,(H,29,34). The molecule has 2 aromatic rings. The van der Waals surface area contributed by atoms with Crippen LogP contribution in [0.4, 0.5) is 5.82 Å². The molecule has 1 aliphatic heterocycles. The second-order valence-electron chi connectivity index (χ2n) is 11.6. The molecule has 0 unspecified atom stereocenters. The third-order valence-electron chi connectivity index (χ3n) is 8.97. The van der Waals surface area contributed by atoms with E-state index in [-0.39, 0.29) is 23.8 Å². The van der Waals surface area contributed by atoms with Gasteiger partial charge in [-0.2, -0.15) is 0 Å². The van der Waals surface area contributed by atoms with Crippen LogP contribution in [0, 0.1) is 23.2 Å². The number of pyridine rings is 1. The molecule has 1 saturated heterocycles. The van der Waals surface area contributed by atoms with Gasteiger partial charge in [-0.3, -0.25) is 18.9 Å². The molecule has 5 fully saturated rings. The van der Waals surface area contributed by atoms with E-state index in [1.807, 2.05) is 27.5 Å². The minimum atomic E-state index is -0.0783. The number of amides is 2. The van der Waals surface area contributed by atoms with Crippen molar-refractivity contribution in [2.45, 2.75) is 51.4 Å². The summed E-state index contributed by atoms with van der Waals surface area (Å²) in [5, 5.41) is 12.4. The van der Waals surface area contributed by atoms with Crippen molar-refractivity contribution in [1.29, 1.82) is 0 Å². The number of fused-ring (bicyclic) bond motifs is 1. The first-order chi connectivity index (χ1) is 17.0. The third kappa shape index (κ3) is 4.58. The maximum atomic E-state index is 13.2. The number of carbonyl (C=O) groups excluding carboxylic acids is 2. The molecule has 5 aliphatic rings. The number of nitrogens with one attached hydrogen (secondary N) is 1. The summed E-state index contributed by atoms with van der Waals surface area (Å²) in [5.74, 6) is 3.16. The van der Waals surface area contributed by atoms with Crippen LogP contribution in [0.15, 0.2) is 24.4 Å². The van der Waals surface area contributed by atoms with E-state index in [2.05, 4.69) is 15.2 Å². The molecule has 0 atom stereocenters. The average molecular weight is 480 g/mol. The van der Waals surface area contributed by atoms with E-state index >= 15 is 0 Å². The maximum Gasteiger partial charge on any atom is 0.274 e. The Morgan fingerprint density at radius 1 is 1.03 bits per heavy atom. The summed E-state index contributed by atoms with van der Waals surface area (Å²) in [6.45, 7) is 3.73. The Bertz CT molecular complexity index is 1080. The van der Waals surface area contributed by atoms with Gasteiger partial charge in [0, 0.05) is 38.8 Å². The molecule has 0 spiro atoms. The molecule has 2 N–H and O–H groups in total. The van der Waals surface area contributed by atoms with Gasteiger partial charge >= 0.3 is 0 Å². The number of anilines is 1. The molecular weight excluding hydrogens is 442 g/mol. The predicted octanol–water partition coefficient (Wildman–Crippen LogP) is 3.02. The summed E-state index contributed by atoms with van der Waals surface area (Å²) in [6, 6.07) is 5.64. The molecule has 35 heavy (non-hydrogen) atoms. The van der Waals surface area contributed by atoms with E-state index in [1.54, 1.807) is 6.20 Å². The van der Waals surface area contributed by atoms with Crippen LogP contribution in [0.25, 0.3) is 5.65 Å². The Morgan fingerprint density at radius 3 is 2.49 bits per heavy atom. The number of hydrogen-bond donors (Lipinski definition) is 2. The second kappa shape index (κ2) is 9.21. The molecular formula is C27H37N5O3. The van der Waals surface area contributed by atoms with Crippen LogP contribution in [-0.4, -0.2) is 75.4 Å². The molecule has 2 aromatic heterocycles. The van der Waals surface area contributed by atoms with E-state index in [1.165, 1.54) is 38.5 Å². The Hall–Kier alpha value is -2.45. The summed E-state index contributed by atoms with van der Waals surface area (Å²) in [6.07, 6.45) is 11.0. The van der Waals surface area contributed by atoms with Crippen molar-refractivity contribution in [3.8, 4) is 0 Å². The van der Waals surface area contributed by atoms with E-state index in [4.69, 9.17) is 0 Å². The van der Waals surface area contributed by atoms with E-state index in [9.17, 15) is 14.7 Å². The van der Waals surface area contributed by atoms with Crippen molar-refractivity contribution in [3.63, 3.8) is 0 Å². The molecule has 4 bridgehead atoms. The number of aliphatic hydroxyl groups is 1. The topological polar surface area (TPSA) is 90.2 Å². The molecule has 188 valence electrons. The highest BCUT2D eigenvalue weighted by Gasteiger charge is 2.51. The maximum absolute atomic E-state index is 13.2. The zero-order valence-electron chi connectivity index (χ0n) is 20.5. The quantitative estimate of drug-likeness (QED) is 0.665. The van der Waals surface area contributed by atoms with Gasteiger partial charge in [0.05, 0.1) is 6.61 Å². The number of β-amino-alcohol motifs (C(OH)–C–C–N with tert-alkyl or cyclic N) is 1. The van der Waals surface area contributed by atoms with Gasteiger partial charge in [-0.05, 0) is 86.8 Å². The number of rotatable bonds is 6.